The molecule has 1 aliphatic heterocycles. The Hall–Kier alpha value is -2.75. The molecule has 0 fully saturated rings. The highest BCUT2D eigenvalue weighted by Gasteiger charge is 2.30. The van der Waals surface area contributed by atoms with Gasteiger partial charge in [0.1, 0.15) is 6.61 Å². The summed E-state index contributed by atoms with van der Waals surface area (Å²) < 4.78 is 11.1. The van der Waals surface area contributed by atoms with E-state index in [1.54, 1.807) is 7.11 Å². The lowest BCUT2D eigenvalue weighted by molar-refractivity contribution is -0.117. The van der Waals surface area contributed by atoms with Crippen LogP contribution in [0.5, 0.6) is 11.5 Å². The molecule has 0 radical (unpaired) electrons. The summed E-state index contributed by atoms with van der Waals surface area (Å²) in [5.74, 6) is 1.21. The van der Waals surface area contributed by atoms with Crippen LogP contribution in [0.25, 0.3) is 0 Å². The van der Waals surface area contributed by atoms with Gasteiger partial charge in [-0.05, 0) is 48.2 Å². The van der Waals surface area contributed by atoms with Crippen molar-refractivity contribution in [3.63, 3.8) is 0 Å². The van der Waals surface area contributed by atoms with Crippen molar-refractivity contribution in [2.45, 2.75) is 19.3 Å². The van der Waals surface area contributed by atoms with Crippen LogP contribution in [0, 0.1) is 0 Å². The molecule has 0 bridgehead atoms. The number of hydrogen-bond acceptors (Lipinski definition) is 3. The standard InChI is InChI=1S/C20H21NO3/c1-13(2)12-24-18-9-8-14(11-19(18)23-3)10-16-15-6-4-5-7-17(15)21-20(16)22/h4-9,11,16H,1,10,12H2,2-3H3,(H,21,22). The number of ether oxygens (including phenoxy) is 2. The zero-order valence-electron chi connectivity index (χ0n) is 14.0. The first kappa shape index (κ1) is 16.1. The van der Waals surface area contributed by atoms with Gasteiger partial charge in [-0.3, -0.25) is 4.79 Å². The molecule has 0 spiro atoms. The zero-order valence-corrected chi connectivity index (χ0v) is 14.0. The van der Waals surface area contributed by atoms with Crippen molar-refractivity contribution < 1.29 is 14.3 Å². The predicted octanol–water partition coefficient (Wildman–Crippen LogP) is 3.93. The molecule has 24 heavy (non-hydrogen) atoms. The molecule has 4 nitrogen and oxygen atoms in total. The summed E-state index contributed by atoms with van der Waals surface area (Å²) in [4.78, 5) is 12.3. The van der Waals surface area contributed by atoms with E-state index in [1.807, 2.05) is 49.4 Å². The van der Waals surface area contributed by atoms with E-state index in [0.717, 1.165) is 22.4 Å². The third-order valence-electron chi connectivity index (χ3n) is 4.05. The number of amides is 1. The molecule has 1 aliphatic rings. The van der Waals surface area contributed by atoms with Gasteiger partial charge in [0.2, 0.25) is 5.91 Å². The molecule has 0 aliphatic carbocycles. The third-order valence-corrected chi connectivity index (χ3v) is 4.05. The number of para-hydroxylation sites is 1. The number of carbonyl (C=O) groups is 1. The van der Waals surface area contributed by atoms with Crippen LogP contribution in [0.1, 0.15) is 24.0 Å². The van der Waals surface area contributed by atoms with Crippen LogP contribution >= 0.6 is 0 Å². The van der Waals surface area contributed by atoms with Crippen molar-refractivity contribution in [3.8, 4) is 11.5 Å². The largest absolute Gasteiger partial charge is 0.493 e. The Bertz CT molecular complexity index is 782. The SMILES string of the molecule is C=C(C)COc1ccc(CC2C(=O)Nc3ccccc32)cc1OC. The Morgan fingerprint density at radius 3 is 2.75 bits per heavy atom. The van der Waals surface area contributed by atoms with Gasteiger partial charge in [0.15, 0.2) is 11.5 Å². The number of carbonyl (C=O) groups excluding carboxylic acids is 1. The van der Waals surface area contributed by atoms with Crippen LogP contribution in [-0.4, -0.2) is 19.6 Å². The lowest BCUT2D eigenvalue weighted by Gasteiger charge is -2.14. The van der Waals surface area contributed by atoms with E-state index in [2.05, 4.69) is 11.9 Å². The maximum absolute atomic E-state index is 12.3. The second kappa shape index (κ2) is 6.79. The van der Waals surface area contributed by atoms with Crippen molar-refractivity contribution in [1.82, 2.24) is 0 Å². The molecule has 0 saturated carbocycles. The Morgan fingerprint density at radius 2 is 2.00 bits per heavy atom. The van der Waals surface area contributed by atoms with Crippen molar-refractivity contribution in [1.29, 1.82) is 0 Å². The monoisotopic (exact) mass is 323 g/mol. The van der Waals surface area contributed by atoms with E-state index in [9.17, 15) is 4.79 Å². The predicted molar refractivity (Wildman–Crippen MR) is 94.8 cm³/mol. The van der Waals surface area contributed by atoms with E-state index in [0.29, 0.717) is 24.5 Å². The molecular formula is C20H21NO3. The molecule has 0 saturated heterocycles. The number of fused-ring (bicyclic) bond motifs is 1. The molecule has 1 unspecified atom stereocenters. The first-order valence-corrected chi connectivity index (χ1v) is 7.92. The van der Waals surface area contributed by atoms with Crippen LogP contribution in [-0.2, 0) is 11.2 Å². The molecule has 1 heterocycles. The second-order valence-corrected chi connectivity index (χ2v) is 6.06. The van der Waals surface area contributed by atoms with E-state index < -0.39 is 0 Å². The topological polar surface area (TPSA) is 47.6 Å². The van der Waals surface area contributed by atoms with Gasteiger partial charge in [0, 0.05) is 5.69 Å². The fraction of sp³-hybridized carbons (Fsp3) is 0.250. The van der Waals surface area contributed by atoms with Crippen LogP contribution in [0.3, 0.4) is 0 Å². The quantitative estimate of drug-likeness (QED) is 0.819. The highest BCUT2D eigenvalue weighted by Crippen LogP contribution is 2.36. The lowest BCUT2D eigenvalue weighted by atomic mass is 9.93. The average molecular weight is 323 g/mol. The maximum atomic E-state index is 12.3. The number of methoxy groups -OCH3 is 1. The minimum atomic E-state index is -0.173. The van der Waals surface area contributed by atoms with E-state index >= 15 is 0 Å². The minimum Gasteiger partial charge on any atom is -0.493 e. The Morgan fingerprint density at radius 1 is 1.21 bits per heavy atom. The number of nitrogens with one attached hydrogen (secondary N) is 1. The molecule has 0 aromatic heterocycles. The van der Waals surface area contributed by atoms with Gasteiger partial charge in [0.25, 0.3) is 0 Å². The van der Waals surface area contributed by atoms with E-state index in [1.165, 1.54) is 0 Å². The lowest BCUT2D eigenvalue weighted by Crippen LogP contribution is -2.14. The van der Waals surface area contributed by atoms with E-state index in [-0.39, 0.29) is 11.8 Å². The Kier molecular flexibility index (Phi) is 4.56. The molecule has 3 rings (SSSR count). The normalized spacial score (nSPS) is 15.6. The van der Waals surface area contributed by atoms with Gasteiger partial charge in [-0.25, -0.2) is 0 Å². The smallest absolute Gasteiger partial charge is 0.232 e. The highest BCUT2D eigenvalue weighted by atomic mass is 16.5. The molecule has 2 aromatic carbocycles. The van der Waals surface area contributed by atoms with Crippen LogP contribution in [0.15, 0.2) is 54.6 Å². The van der Waals surface area contributed by atoms with Crippen LogP contribution in [0.2, 0.25) is 0 Å². The number of anilines is 1. The van der Waals surface area contributed by atoms with E-state index in [4.69, 9.17) is 9.47 Å². The van der Waals surface area contributed by atoms with Crippen molar-refractivity contribution in [2.75, 3.05) is 19.0 Å². The summed E-state index contributed by atoms with van der Waals surface area (Å²) in [6.07, 6.45) is 0.625. The molecular weight excluding hydrogens is 302 g/mol. The Labute approximate surface area is 142 Å². The van der Waals surface area contributed by atoms with Gasteiger partial charge in [-0.1, -0.05) is 30.8 Å². The van der Waals surface area contributed by atoms with Gasteiger partial charge >= 0.3 is 0 Å². The zero-order chi connectivity index (χ0) is 17.1. The van der Waals surface area contributed by atoms with Gasteiger partial charge in [-0.15, -0.1) is 0 Å². The first-order chi connectivity index (χ1) is 11.6. The van der Waals surface area contributed by atoms with Gasteiger partial charge < -0.3 is 14.8 Å². The van der Waals surface area contributed by atoms with Gasteiger partial charge in [0.05, 0.1) is 13.0 Å². The summed E-state index contributed by atoms with van der Waals surface area (Å²) in [6, 6.07) is 13.6. The maximum Gasteiger partial charge on any atom is 0.232 e. The minimum absolute atomic E-state index is 0.0396. The summed E-state index contributed by atoms with van der Waals surface area (Å²) in [7, 11) is 1.62. The first-order valence-electron chi connectivity index (χ1n) is 7.92. The van der Waals surface area contributed by atoms with Crippen LogP contribution in [0.4, 0.5) is 5.69 Å². The Balaban J connectivity index is 1.81. The third kappa shape index (κ3) is 3.27. The molecule has 1 N–H and O–H groups in total. The number of hydrogen-bond donors (Lipinski definition) is 1. The highest BCUT2D eigenvalue weighted by molar-refractivity contribution is 6.03. The fourth-order valence-corrected chi connectivity index (χ4v) is 2.87. The number of benzene rings is 2. The summed E-state index contributed by atoms with van der Waals surface area (Å²) in [5, 5.41) is 2.94. The molecule has 124 valence electrons. The average Bonchev–Trinajstić information content (AvgIpc) is 2.89. The molecule has 1 atom stereocenters. The number of rotatable bonds is 6. The second-order valence-electron chi connectivity index (χ2n) is 6.06. The van der Waals surface area contributed by atoms with Crippen molar-refractivity contribution in [2.24, 2.45) is 0 Å². The molecule has 2 aromatic rings. The van der Waals surface area contributed by atoms with Crippen molar-refractivity contribution in [3.05, 3.63) is 65.7 Å². The summed E-state index contributed by atoms with van der Waals surface area (Å²) in [6.45, 7) is 6.20. The fourth-order valence-electron chi connectivity index (χ4n) is 2.87. The van der Waals surface area contributed by atoms with Crippen molar-refractivity contribution >= 4 is 11.6 Å². The van der Waals surface area contributed by atoms with Crippen LogP contribution < -0.4 is 14.8 Å². The summed E-state index contributed by atoms with van der Waals surface area (Å²) >= 11 is 0. The molecule has 1 amide bonds. The molecule has 4 heteroatoms. The summed E-state index contributed by atoms with van der Waals surface area (Å²) in [5.41, 5.74) is 3.93. The van der Waals surface area contributed by atoms with Gasteiger partial charge in [-0.2, -0.15) is 0 Å².